The van der Waals surface area contributed by atoms with E-state index >= 15 is 0 Å². The third-order valence-electron chi connectivity index (χ3n) is 4.18. The van der Waals surface area contributed by atoms with Crippen LogP contribution in [0, 0.1) is 0 Å². The Morgan fingerprint density at radius 1 is 1.39 bits per heavy atom. The van der Waals surface area contributed by atoms with Crippen LogP contribution in [-0.4, -0.2) is 44.3 Å². The van der Waals surface area contributed by atoms with E-state index in [1.807, 2.05) is 4.90 Å². The van der Waals surface area contributed by atoms with E-state index in [9.17, 15) is 4.79 Å². The van der Waals surface area contributed by atoms with Crippen LogP contribution in [0.3, 0.4) is 0 Å². The van der Waals surface area contributed by atoms with Gasteiger partial charge in [0.15, 0.2) is 0 Å². The normalized spacial score (nSPS) is 17.9. The van der Waals surface area contributed by atoms with E-state index in [-0.39, 0.29) is 12.1 Å². The summed E-state index contributed by atoms with van der Waals surface area (Å²) in [6, 6.07) is 5.49. The number of carbonyl (C=O) groups is 1. The quantitative estimate of drug-likeness (QED) is 0.791. The van der Waals surface area contributed by atoms with E-state index in [0.717, 1.165) is 38.8 Å². The van der Waals surface area contributed by atoms with Crippen LogP contribution in [0.25, 0.3) is 0 Å². The largest absolute Gasteiger partial charge is 0.495 e. The molecule has 1 aromatic carbocycles. The molecule has 1 aliphatic heterocycles. The third-order valence-corrected chi connectivity index (χ3v) is 4.47. The molecule has 5 nitrogen and oxygen atoms in total. The summed E-state index contributed by atoms with van der Waals surface area (Å²) in [7, 11) is 3.27. The van der Waals surface area contributed by atoms with Crippen LogP contribution in [0.15, 0.2) is 18.2 Å². The Kier molecular flexibility index (Phi) is 6.99. The number of nitrogens with zero attached hydrogens (tertiary/aromatic N) is 1. The number of likely N-dealkylation sites (tertiary alicyclic amines) is 1. The van der Waals surface area contributed by atoms with E-state index in [4.69, 9.17) is 21.1 Å². The predicted molar refractivity (Wildman–Crippen MR) is 92.5 cm³/mol. The zero-order chi connectivity index (χ0) is 16.7. The van der Waals surface area contributed by atoms with Gasteiger partial charge in [0.1, 0.15) is 5.75 Å². The SMILES string of the molecule is COCCC[C@H]1CCCCN1C(=O)Nc1ccc(OC)c(Cl)c1. The second-order valence-corrected chi connectivity index (χ2v) is 6.16. The molecule has 0 bridgehead atoms. The summed E-state index contributed by atoms with van der Waals surface area (Å²) < 4.78 is 10.2. The molecule has 1 fully saturated rings. The lowest BCUT2D eigenvalue weighted by atomic mass is 9.98. The lowest BCUT2D eigenvalue weighted by molar-refractivity contribution is 0.141. The first-order chi connectivity index (χ1) is 11.2. The van der Waals surface area contributed by atoms with Gasteiger partial charge in [0.25, 0.3) is 0 Å². The Labute approximate surface area is 142 Å². The van der Waals surface area contributed by atoms with Crippen molar-refractivity contribution in [2.24, 2.45) is 0 Å². The highest BCUT2D eigenvalue weighted by atomic mass is 35.5. The molecule has 128 valence electrons. The molecule has 1 aromatic rings. The molecule has 0 spiro atoms. The molecule has 1 saturated heterocycles. The molecule has 1 atom stereocenters. The summed E-state index contributed by atoms with van der Waals surface area (Å²) >= 11 is 6.11. The van der Waals surface area contributed by atoms with Crippen LogP contribution in [0.4, 0.5) is 10.5 Å². The zero-order valence-electron chi connectivity index (χ0n) is 13.8. The Hall–Kier alpha value is -1.46. The highest BCUT2D eigenvalue weighted by Gasteiger charge is 2.26. The molecule has 2 rings (SSSR count). The first-order valence-electron chi connectivity index (χ1n) is 8.05. The van der Waals surface area contributed by atoms with Crippen molar-refractivity contribution in [3.05, 3.63) is 23.2 Å². The number of methoxy groups -OCH3 is 2. The first-order valence-corrected chi connectivity index (χ1v) is 8.43. The monoisotopic (exact) mass is 340 g/mol. The molecule has 6 heteroatoms. The average Bonchev–Trinajstić information content (AvgIpc) is 2.55. The number of piperidine rings is 1. The second kappa shape index (κ2) is 8.99. The third kappa shape index (κ3) is 5.01. The molecule has 23 heavy (non-hydrogen) atoms. The van der Waals surface area contributed by atoms with Gasteiger partial charge in [0, 0.05) is 32.0 Å². The molecule has 2 amide bonds. The molecular formula is C17H25ClN2O3. The van der Waals surface area contributed by atoms with Crippen molar-refractivity contribution in [3.8, 4) is 5.75 Å². The van der Waals surface area contributed by atoms with E-state index < -0.39 is 0 Å². The van der Waals surface area contributed by atoms with Gasteiger partial charge in [-0.15, -0.1) is 0 Å². The van der Waals surface area contributed by atoms with Gasteiger partial charge >= 0.3 is 6.03 Å². The van der Waals surface area contributed by atoms with Crippen molar-refractivity contribution >= 4 is 23.3 Å². The number of benzene rings is 1. The number of anilines is 1. The van der Waals surface area contributed by atoms with Gasteiger partial charge in [-0.25, -0.2) is 4.79 Å². The van der Waals surface area contributed by atoms with Crippen LogP contribution in [-0.2, 0) is 4.74 Å². The smallest absolute Gasteiger partial charge is 0.322 e. The van der Waals surface area contributed by atoms with Crippen molar-refractivity contribution < 1.29 is 14.3 Å². The number of ether oxygens (including phenoxy) is 2. The molecule has 0 aliphatic carbocycles. The highest BCUT2D eigenvalue weighted by molar-refractivity contribution is 6.32. The number of carbonyl (C=O) groups excluding carboxylic acids is 1. The lowest BCUT2D eigenvalue weighted by Gasteiger charge is -2.35. The lowest BCUT2D eigenvalue weighted by Crippen LogP contribution is -2.46. The molecule has 0 aromatic heterocycles. The van der Waals surface area contributed by atoms with Gasteiger partial charge in [-0.05, 0) is 50.3 Å². The van der Waals surface area contributed by atoms with Crippen LogP contribution < -0.4 is 10.1 Å². The van der Waals surface area contributed by atoms with Crippen molar-refractivity contribution in [1.29, 1.82) is 0 Å². The number of hydrogen-bond donors (Lipinski definition) is 1. The minimum Gasteiger partial charge on any atom is -0.495 e. The maximum absolute atomic E-state index is 12.6. The van der Waals surface area contributed by atoms with Crippen LogP contribution in [0.2, 0.25) is 5.02 Å². The average molecular weight is 341 g/mol. The molecule has 1 N–H and O–H groups in total. The molecule has 0 unspecified atom stereocenters. The fourth-order valence-corrected chi connectivity index (χ4v) is 3.23. The fraction of sp³-hybridized carbons (Fsp3) is 0.588. The van der Waals surface area contributed by atoms with Crippen molar-refractivity contribution in [2.75, 3.05) is 32.7 Å². The maximum Gasteiger partial charge on any atom is 0.322 e. The van der Waals surface area contributed by atoms with Crippen LogP contribution in [0.5, 0.6) is 5.75 Å². The summed E-state index contributed by atoms with van der Waals surface area (Å²) in [6.07, 6.45) is 5.23. The number of amides is 2. The summed E-state index contributed by atoms with van der Waals surface area (Å²) in [6.45, 7) is 1.54. The minimum absolute atomic E-state index is 0.0617. The van der Waals surface area contributed by atoms with Gasteiger partial charge in [0.05, 0.1) is 12.1 Å². The molecule has 0 saturated carbocycles. The maximum atomic E-state index is 12.6. The number of halogens is 1. The number of rotatable bonds is 6. The van der Waals surface area contributed by atoms with Gasteiger partial charge in [0.2, 0.25) is 0 Å². The topological polar surface area (TPSA) is 50.8 Å². The van der Waals surface area contributed by atoms with Crippen molar-refractivity contribution in [3.63, 3.8) is 0 Å². The molecule has 1 heterocycles. The first kappa shape index (κ1) is 17.9. The van der Waals surface area contributed by atoms with E-state index in [0.29, 0.717) is 16.5 Å². The molecule has 1 aliphatic rings. The Morgan fingerprint density at radius 3 is 2.91 bits per heavy atom. The highest BCUT2D eigenvalue weighted by Crippen LogP contribution is 2.28. The summed E-state index contributed by atoms with van der Waals surface area (Å²) in [5.74, 6) is 0.597. The van der Waals surface area contributed by atoms with E-state index in [2.05, 4.69) is 5.32 Å². The minimum atomic E-state index is -0.0617. The Morgan fingerprint density at radius 2 is 2.22 bits per heavy atom. The summed E-state index contributed by atoms with van der Waals surface area (Å²) in [4.78, 5) is 14.5. The van der Waals surface area contributed by atoms with E-state index in [1.165, 1.54) is 6.42 Å². The van der Waals surface area contributed by atoms with Crippen molar-refractivity contribution in [1.82, 2.24) is 4.90 Å². The van der Waals surface area contributed by atoms with Gasteiger partial charge in [-0.3, -0.25) is 0 Å². The second-order valence-electron chi connectivity index (χ2n) is 5.76. The number of urea groups is 1. The standard InChI is InChI=1S/C17H25ClN2O3/c1-22-11-5-7-14-6-3-4-10-20(14)17(21)19-13-8-9-16(23-2)15(18)12-13/h8-9,12,14H,3-7,10-11H2,1-2H3,(H,19,21)/t14-/m1/s1. The Balaban J connectivity index is 1.98. The van der Waals surface area contributed by atoms with Crippen molar-refractivity contribution in [2.45, 2.75) is 38.1 Å². The summed E-state index contributed by atoms with van der Waals surface area (Å²) in [5, 5.41) is 3.43. The fourth-order valence-electron chi connectivity index (χ4n) is 2.97. The predicted octanol–water partition coefficient (Wildman–Crippen LogP) is 4.16. The summed E-state index contributed by atoms with van der Waals surface area (Å²) in [5.41, 5.74) is 0.682. The van der Waals surface area contributed by atoms with Gasteiger partial charge in [-0.2, -0.15) is 0 Å². The molecular weight excluding hydrogens is 316 g/mol. The number of nitrogens with one attached hydrogen (secondary N) is 1. The zero-order valence-corrected chi connectivity index (χ0v) is 14.6. The van der Waals surface area contributed by atoms with Crippen LogP contribution >= 0.6 is 11.6 Å². The number of hydrogen-bond acceptors (Lipinski definition) is 3. The van der Waals surface area contributed by atoms with Gasteiger partial charge < -0.3 is 19.7 Å². The van der Waals surface area contributed by atoms with Crippen LogP contribution in [0.1, 0.15) is 32.1 Å². The molecule has 0 radical (unpaired) electrons. The Bertz CT molecular complexity index is 525. The van der Waals surface area contributed by atoms with Gasteiger partial charge in [-0.1, -0.05) is 11.6 Å². The van der Waals surface area contributed by atoms with E-state index in [1.54, 1.807) is 32.4 Å².